The average Bonchev–Trinajstić information content (AvgIpc) is 2.37. The highest BCUT2D eigenvalue weighted by atomic mass is 32.2. The largest absolute Gasteiger partial charge is 0.287 e. The van der Waals surface area contributed by atoms with E-state index >= 15 is 0 Å². The zero-order valence-corrected chi connectivity index (χ0v) is 12.4. The minimum absolute atomic E-state index is 0.131. The molecule has 1 aliphatic carbocycles. The van der Waals surface area contributed by atoms with Crippen LogP contribution in [0.1, 0.15) is 55.7 Å². The van der Waals surface area contributed by atoms with Crippen molar-refractivity contribution in [3.63, 3.8) is 0 Å². The maximum absolute atomic E-state index is 11.7. The number of carbonyl (C=O) groups excluding carboxylic acids is 1. The number of nitrogens with zero attached hydrogens (tertiary/aromatic N) is 2. The SMILES string of the molecule is CCC(=O)SC1CC(C)(C)Cc2ncc(C#N)cc21. The Morgan fingerprint density at radius 2 is 2.37 bits per heavy atom. The molecule has 4 heteroatoms. The van der Waals surface area contributed by atoms with Gasteiger partial charge in [-0.25, -0.2) is 0 Å². The molecule has 1 aromatic rings. The highest BCUT2D eigenvalue weighted by molar-refractivity contribution is 8.13. The predicted molar refractivity (Wildman–Crippen MR) is 76.7 cm³/mol. The molecule has 0 saturated carbocycles. The van der Waals surface area contributed by atoms with Gasteiger partial charge in [0.05, 0.1) is 5.56 Å². The van der Waals surface area contributed by atoms with Gasteiger partial charge in [0.1, 0.15) is 6.07 Å². The third kappa shape index (κ3) is 3.16. The second-order valence-electron chi connectivity index (χ2n) is 5.75. The Hall–Kier alpha value is -1.34. The summed E-state index contributed by atoms with van der Waals surface area (Å²) < 4.78 is 0. The maximum Gasteiger partial charge on any atom is 0.189 e. The van der Waals surface area contributed by atoms with Crippen LogP contribution in [0.3, 0.4) is 0 Å². The third-order valence-corrected chi connectivity index (χ3v) is 4.68. The van der Waals surface area contributed by atoms with Crippen LogP contribution in [0, 0.1) is 16.7 Å². The van der Waals surface area contributed by atoms with Crippen molar-refractivity contribution in [2.24, 2.45) is 5.41 Å². The van der Waals surface area contributed by atoms with Crippen LogP contribution in [0.5, 0.6) is 0 Å². The molecule has 100 valence electrons. The van der Waals surface area contributed by atoms with Gasteiger partial charge in [0, 0.05) is 23.6 Å². The van der Waals surface area contributed by atoms with Gasteiger partial charge < -0.3 is 0 Å². The smallest absolute Gasteiger partial charge is 0.189 e. The summed E-state index contributed by atoms with van der Waals surface area (Å²) in [6.07, 6.45) is 4.03. The fourth-order valence-corrected chi connectivity index (χ4v) is 3.83. The van der Waals surface area contributed by atoms with E-state index in [0.29, 0.717) is 12.0 Å². The van der Waals surface area contributed by atoms with E-state index in [1.54, 1.807) is 6.20 Å². The molecule has 1 atom stereocenters. The Balaban J connectivity index is 2.39. The molecule has 0 radical (unpaired) electrons. The summed E-state index contributed by atoms with van der Waals surface area (Å²) in [5, 5.41) is 9.33. The number of rotatable bonds is 2. The molecule has 1 unspecified atom stereocenters. The molecular formula is C15H18N2OS. The van der Waals surface area contributed by atoms with Crippen LogP contribution in [0.15, 0.2) is 12.3 Å². The van der Waals surface area contributed by atoms with Crippen molar-refractivity contribution in [1.29, 1.82) is 5.26 Å². The fourth-order valence-electron chi connectivity index (χ4n) is 2.48. The molecule has 0 bridgehead atoms. The van der Waals surface area contributed by atoms with Crippen molar-refractivity contribution in [3.8, 4) is 6.07 Å². The minimum atomic E-state index is 0.131. The lowest BCUT2D eigenvalue weighted by Crippen LogP contribution is -2.26. The van der Waals surface area contributed by atoms with E-state index in [-0.39, 0.29) is 15.8 Å². The average molecular weight is 274 g/mol. The van der Waals surface area contributed by atoms with E-state index in [4.69, 9.17) is 5.26 Å². The number of fused-ring (bicyclic) bond motifs is 1. The molecule has 0 N–H and O–H groups in total. The number of hydrogen-bond acceptors (Lipinski definition) is 4. The summed E-state index contributed by atoms with van der Waals surface area (Å²) in [5.74, 6) is 0. The summed E-state index contributed by atoms with van der Waals surface area (Å²) in [4.78, 5) is 16.2. The summed E-state index contributed by atoms with van der Waals surface area (Å²) in [7, 11) is 0. The van der Waals surface area contributed by atoms with Crippen LogP contribution in [-0.4, -0.2) is 10.1 Å². The van der Waals surface area contributed by atoms with E-state index in [2.05, 4.69) is 24.9 Å². The first-order chi connectivity index (χ1) is 8.95. The Kier molecular flexibility index (Phi) is 3.96. The third-order valence-electron chi connectivity index (χ3n) is 3.43. The van der Waals surface area contributed by atoms with Crippen molar-refractivity contribution in [2.45, 2.75) is 45.3 Å². The molecule has 1 aromatic heterocycles. The molecule has 0 fully saturated rings. The van der Waals surface area contributed by atoms with Gasteiger partial charge >= 0.3 is 0 Å². The second-order valence-corrected chi connectivity index (χ2v) is 7.01. The lowest BCUT2D eigenvalue weighted by atomic mass is 9.76. The number of aromatic nitrogens is 1. The fraction of sp³-hybridized carbons (Fsp3) is 0.533. The van der Waals surface area contributed by atoms with Gasteiger partial charge in [-0.15, -0.1) is 0 Å². The molecule has 0 spiro atoms. The predicted octanol–water partition coefficient (Wildman–Crippen LogP) is 3.64. The highest BCUT2D eigenvalue weighted by Crippen LogP contribution is 2.47. The highest BCUT2D eigenvalue weighted by Gasteiger charge is 2.34. The number of hydrogen-bond donors (Lipinski definition) is 0. The van der Waals surface area contributed by atoms with Crippen LogP contribution in [0.2, 0.25) is 0 Å². The van der Waals surface area contributed by atoms with E-state index in [9.17, 15) is 4.79 Å². The Labute approximate surface area is 118 Å². The van der Waals surface area contributed by atoms with Crippen molar-refractivity contribution in [3.05, 3.63) is 29.1 Å². The summed E-state index contributed by atoms with van der Waals surface area (Å²) in [6, 6.07) is 4.03. The monoisotopic (exact) mass is 274 g/mol. The molecule has 1 aliphatic rings. The maximum atomic E-state index is 11.7. The van der Waals surface area contributed by atoms with Crippen molar-refractivity contribution in [2.75, 3.05) is 0 Å². The molecule has 1 heterocycles. The van der Waals surface area contributed by atoms with E-state index in [0.717, 1.165) is 24.1 Å². The minimum Gasteiger partial charge on any atom is -0.287 e. The Morgan fingerprint density at radius 3 is 3.00 bits per heavy atom. The molecule has 0 aliphatic heterocycles. The van der Waals surface area contributed by atoms with Crippen LogP contribution >= 0.6 is 11.8 Å². The standard InChI is InChI=1S/C15H18N2OS/c1-4-14(18)19-13-7-15(2,3)6-12-11(13)5-10(8-16)9-17-12/h5,9,13H,4,6-7H2,1-3H3. The lowest BCUT2D eigenvalue weighted by molar-refractivity contribution is -0.110. The van der Waals surface area contributed by atoms with Crippen molar-refractivity contribution in [1.82, 2.24) is 4.98 Å². The van der Waals surface area contributed by atoms with Gasteiger partial charge in [0.2, 0.25) is 0 Å². The topological polar surface area (TPSA) is 53.8 Å². The zero-order valence-electron chi connectivity index (χ0n) is 11.6. The van der Waals surface area contributed by atoms with Gasteiger partial charge in [-0.2, -0.15) is 5.26 Å². The number of pyridine rings is 1. The molecule has 19 heavy (non-hydrogen) atoms. The number of nitriles is 1. The van der Waals surface area contributed by atoms with Crippen LogP contribution in [0.25, 0.3) is 0 Å². The van der Waals surface area contributed by atoms with Gasteiger partial charge in [0.25, 0.3) is 0 Å². The van der Waals surface area contributed by atoms with Gasteiger partial charge in [0.15, 0.2) is 5.12 Å². The van der Waals surface area contributed by atoms with Crippen LogP contribution in [-0.2, 0) is 11.2 Å². The summed E-state index contributed by atoms with van der Waals surface area (Å²) in [5.41, 5.74) is 2.84. The van der Waals surface area contributed by atoms with E-state index in [1.807, 2.05) is 13.0 Å². The van der Waals surface area contributed by atoms with Gasteiger partial charge in [-0.05, 0) is 29.9 Å². The number of thioether (sulfide) groups is 1. The summed E-state index contributed by atoms with van der Waals surface area (Å²) >= 11 is 1.40. The molecule has 3 nitrogen and oxygen atoms in total. The lowest BCUT2D eigenvalue weighted by Gasteiger charge is -2.35. The second kappa shape index (κ2) is 5.34. The van der Waals surface area contributed by atoms with Gasteiger partial charge in [-0.3, -0.25) is 9.78 Å². The molecule has 0 aromatic carbocycles. The van der Waals surface area contributed by atoms with Gasteiger partial charge in [-0.1, -0.05) is 32.5 Å². The first-order valence-corrected chi connectivity index (χ1v) is 7.41. The normalized spacial score (nSPS) is 20.4. The summed E-state index contributed by atoms with van der Waals surface area (Å²) in [6.45, 7) is 6.30. The molecule has 0 saturated heterocycles. The van der Waals surface area contributed by atoms with E-state index in [1.165, 1.54) is 11.8 Å². The Morgan fingerprint density at radius 1 is 1.63 bits per heavy atom. The molecular weight excluding hydrogens is 256 g/mol. The first-order valence-electron chi connectivity index (χ1n) is 6.53. The van der Waals surface area contributed by atoms with Crippen LogP contribution < -0.4 is 0 Å². The Bertz CT molecular complexity index is 546. The van der Waals surface area contributed by atoms with Crippen LogP contribution in [0.4, 0.5) is 0 Å². The molecule has 0 amide bonds. The zero-order chi connectivity index (χ0) is 14.0. The van der Waals surface area contributed by atoms with E-state index < -0.39 is 0 Å². The first kappa shape index (κ1) is 14.1. The van der Waals surface area contributed by atoms with Crippen molar-refractivity contribution >= 4 is 16.9 Å². The molecule has 2 rings (SSSR count). The van der Waals surface area contributed by atoms with Crippen molar-refractivity contribution < 1.29 is 4.79 Å². The number of carbonyl (C=O) groups is 1. The quantitative estimate of drug-likeness (QED) is 0.826.